The van der Waals surface area contributed by atoms with Crippen LogP contribution in [0.4, 0.5) is 11.4 Å². The zero-order valence-electron chi connectivity index (χ0n) is 35.0. The monoisotopic (exact) mass is 912 g/mol. The van der Waals surface area contributed by atoms with E-state index in [2.05, 4.69) is 60.9 Å². The van der Waals surface area contributed by atoms with Crippen LogP contribution >= 0.6 is 46.4 Å². The number of nitrogens with one attached hydrogen (secondary N) is 2. The Morgan fingerprint density at radius 1 is 0.661 bits per heavy atom. The molecule has 2 saturated heterocycles. The number of benzene rings is 5. The molecule has 3 aliphatic rings. The van der Waals surface area contributed by atoms with Crippen LogP contribution in [0.2, 0.25) is 20.1 Å². The van der Waals surface area contributed by atoms with Gasteiger partial charge in [-0.25, -0.2) is 4.79 Å². The summed E-state index contributed by atoms with van der Waals surface area (Å²) in [4.78, 5) is 14.5. The van der Waals surface area contributed by atoms with Crippen LogP contribution in [-0.4, -0.2) is 58.7 Å². The SMILES string of the molecule is COc1ccc(C(=CC2(C=C(c3ccc(OC)cc3)c3ccc(C)cc3NCC3CCCO3)OC(=O)c3c(Cl)c(Cl)c(Cl)c(Cl)c32)c2ccc(C)cc2NCC2CCCO2)cc1. The number of rotatable bonds is 14. The third-order valence-corrected chi connectivity index (χ3v) is 13.5. The highest BCUT2D eigenvalue weighted by atomic mass is 35.5. The highest BCUT2D eigenvalue weighted by Crippen LogP contribution is 2.54. The lowest BCUT2D eigenvalue weighted by atomic mass is 9.82. The van der Waals surface area contributed by atoms with Crippen molar-refractivity contribution in [2.24, 2.45) is 0 Å². The van der Waals surface area contributed by atoms with E-state index in [1.165, 1.54) is 0 Å². The second kappa shape index (κ2) is 19.0. The molecule has 2 fully saturated rings. The minimum atomic E-state index is -1.72. The fourth-order valence-electron chi connectivity index (χ4n) is 8.43. The van der Waals surface area contributed by atoms with Gasteiger partial charge in [0.1, 0.15) is 11.5 Å². The van der Waals surface area contributed by atoms with Crippen LogP contribution in [0.1, 0.15) is 75.0 Å². The normalized spacial score (nSPS) is 20.0. The zero-order chi connectivity index (χ0) is 43.5. The summed E-state index contributed by atoms with van der Waals surface area (Å²) in [5.74, 6) is 0.658. The van der Waals surface area contributed by atoms with Crippen molar-refractivity contribution in [2.45, 2.75) is 57.3 Å². The maximum atomic E-state index is 14.5. The Hall–Kier alpha value is -4.67. The predicted molar refractivity (Wildman–Crippen MR) is 251 cm³/mol. The van der Waals surface area contributed by atoms with Gasteiger partial charge in [0, 0.05) is 54.4 Å². The molecule has 62 heavy (non-hydrogen) atoms. The van der Waals surface area contributed by atoms with Gasteiger partial charge in [-0.3, -0.25) is 0 Å². The van der Waals surface area contributed by atoms with Crippen LogP contribution in [0.25, 0.3) is 11.1 Å². The van der Waals surface area contributed by atoms with E-state index < -0.39 is 11.6 Å². The summed E-state index contributed by atoms with van der Waals surface area (Å²) in [6, 6.07) is 28.0. The summed E-state index contributed by atoms with van der Waals surface area (Å²) < 4.78 is 29.9. The van der Waals surface area contributed by atoms with E-state index in [1.54, 1.807) is 14.2 Å². The fourth-order valence-corrected chi connectivity index (χ4v) is 9.51. The molecule has 3 aliphatic heterocycles. The first-order valence-electron chi connectivity index (χ1n) is 20.8. The Morgan fingerprint density at radius 3 is 1.53 bits per heavy atom. The van der Waals surface area contributed by atoms with Crippen LogP contribution in [0.3, 0.4) is 0 Å². The number of carbonyl (C=O) groups is 1. The summed E-state index contributed by atoms with van der Waals surface area (Å²) in [6.45, 7) is 6.81. The lowest BCUT2D eigenvalue weighted by Crippen LogP contribution is -2.24. The fraction of sp³-hybridized carbons (Fsp3) is 0.300. The second-order valence-corrected chi connectivity index (χ2v) is 17.4. The van der Waals surface area contributed by atoms with Crippen molar-refractivity contribution in [3.8, 4) is 11.5 Å². The smallest absolute Gasteiger partial charge is 0.341 e. The molecule has 8 rings (SSSR count). The minimum absolute atomic E-state index is 0.00191. The van der Waals surface area contributed by atoms with Crippen LogP contribution in [0, 0.1) is 13.8 Å². The molecule has 0 aliphatic carbocycles. The van der Waals surface area contributed by atoms with Crippen molar-refractivity contribution in [1.82, 2.24) is 0 Å². The predicted octanol–water partition coefficient (Wildman–Crippen LogP) is 12.7. The number of ether oxygens (including phenoxy) is 5. The topological polar surface area (TPSA) is 87.3 Å². The van der Waals surface area contributed by atoms with Gasteiger partial charge in [-0.15, -0.1) is 0 Å². The van der Waals surface area contributed by atoms with E-state index >= 15 is 0 Å². The first-order chi connectivity index (χ1) is 30.0. The average Bonchev–Trinajstić information content (AvgIpc) is 4.07. The molecule has 3 heterocycles. The standard InChI is InChI=1S/C50H48Cl4N2O6/c1-29-9-19-37(41(23-29)55-27-35-7-5-21-60-35)39(31-11-15-33(58-3)16-12-31)25-50(44-43(49(57)62-50)45(51)47(53)48(54)46(44)52)26-40(32-13-17-34(59-4)18-14-32)38-20-10-30(2)24-42(38)56-28-36-8-6-22-61-36/h9-20,23-26,35-36,55-56H,5-8,21-22,27-28H2,1-4H3. The third kappa shape index (κ3) is 9.05. The minimum Gasteiger partial charge on any atom is -0.497 e. The Morgan fingerprint density at radius 2 is 1.11 bits per heavy atom. The van der Waals surface area contributed by atoms with Gasteiger partial charge >= 0.3 is 5.97 Å². The van der Waals surface area contributed by atoms with Gasteiger partial charge < -0.3 is 34.3 Å². The number of anilines is 2. The highest BCUT2D eigenvalue weighted by molar-refractivity contribution is 6.53. The Bertz CT molecular complexity index is 2400. The van der Waals surface area contributed by atoms with Gasteiger partial charge in [0.15, 0.2) is 5.60 Å². The van der Waals surface area contributed by atoms with Crippen LogP contribution in [-0.2, 0) is 19.8 Å². The van der Waals surface area contributed by atoms with E-state index in [9.17, 15) is 4.79 Å². The maximum Gasteiger partial charge on any atom is 0.341 e. The van der Waals surface area contributed by atoms with Gasteiger partial charge in [0.2, 0.25) is 0 Å². The number of carbonyl (C=O) groups excluding carboxylic acids is 1. The Labute approximate surface area is 383 Å². The summed E-state index contributed by atoms with van der Waals surface area (Å²) in [5, 5.41) is 7.34. The summed E-state index contributed by atoms with van der Waals surface area (Å²) in [7, 11) is 3.26. The molecule has 5 aromatic carbocycles. The number of cyclic esters (lactones) is 1. The summed E-state index contributed by atoms with van der Waals surface area (Å²) in [5.41, 5.74) is 7.22. The van der Waals surface area contributed by atoms with Crippen molar-refractivity contribution in [2.75, 3.05) is 51.2 Å². The molecule has 8 nitrogen and oxygen atoms in total. The van der Waals surface area contributed by atoms with Gasteiger partial charge in [0.05, 0.1) is 52.1 Å². The summed E-state index contributed by atoms with van der Waals surface area (Å²) >= 11 is 27.8. The molecule has 0 bridgehead atoms. The van der Waals surface area contributed by atoms with Crippen molar-refractivity contribution in [1.29, 1.82) is 0 Å². The maximum absolute atomic E-state index is 14.5. The summed E-state index contributed by atoms with van der Waals surface area (Å²) in [6.07, 6.45) is 7.99. The number of aryl methyl sites for hydroxylation is 2. The number of halogens is 4. The first kappa shape index (κ1) is 44.0. The molecule has 0 spiro atoms. The molecular weight excluding hydrogens is 866 g/mol. The molecule has 322 valence electrons. The van der Waals surface area contributed by atoms with Crippen molar-refractivity contribution in [3.05, 3.63) is 162 Å². The number of hydrogen-bond acceptors (Lipinski definition) is 8. The molecule has 5 aromatic rings. The molecule has 2 unspecified atom stereocenters. The average molecular weight is 915 g/mol. The molecule has 0 amide bonds. The van der Waals surface area contributed by atoms with Gasteiger partial charge in [0.25, 0.3) is 0 Å². The van der Waals surface area contributed by atoms with Crippen molar-refractivity contribution < 1.29 is 28.5 Å². The van der Waals surface area contributed by atoms with E-state index in [4.69, 9.17) is 70.1 Å². The number of hydrogen-bond donors (Lipinski definition) is 2. The molecular formula is C50H48Cl4N2O6. The molecule has 0 radical (unpaired) electrons. The first-order valence-corrected chi connectivity index (χ1v) is 22.3. The second-order valence-electron chi connectivity index (χ2n) is 15.9. The highest BCUT2D eigenvalue weighted by Gasteiger charge is 2.48. The number of esters is 1. The quantitative estimate of drug-likeness (QED) is 0.0647. The van der Waals surface area contributed by atoms with Crippen molar-refractivity contribution >= 4 is 74.9 Å². The lowest BCUT2D eigenvalue weighted by Gasteiger charge is -2.28. The van der Waals surface area contributed by atoms with Gasteiger partial charge in [-0.2, -0.15) is 0 Å². The van der Waals surface area contributed by atoms with E-state index in [-0.39, 0.29) is 43.4 Å². The molecule has 0 saturated carbocycles. The molecule has 2 atom stereocenters. The van der Waals surface area contributed by atoms with E-state index in [0.29, 0.717) is 24.6 Å². The van der Waals surface area contributed by atoms with Crippen LogP contribution in [0.5, 0.6) is 11.5 Å². The van der Waals surface area contributed by atoms with Crippen molar-refractivity contribution in [3.63, 3.8) is 0 Å². The molecule has 0 aromatic heterocycles. The Kier molecular flexibility index (Phi) is 13.5. The molecule has 12 heteroatoms. The largest absolute Gasteiger partial charge is 0.497 e. The third-order valence-electron chi connectivity index (χ3n) is 11.7. The number of fused-ring (bicyclic) bond motifs is 1. The van der Waals surface area contributed by atoms with Crippen LogP contribution in [0.15, 0.2) is 97.1 Å². The zero-order valence-corrected chi connectivity index (χ0v) is 38.0. The van der Waals surface area contributed by atoms with E-state index in [1.807, 2.05) is 60.7 Å². The lowest BCUT2D eigenvalue weighted by molar-refractivity contribution is 0.0300. The Balaban J connectivity index is 1.44. The van der Waals surface area contributed by atoms with Gasteiger partial charge in [-0.05, 0) is 121 Å². The van der Waals surface area contributed by atoms with Crippen LogP contribution < -0.4 is 20.1 Å². The number of methoxy groups -OCH3 is 2. The van der Waals surface area contributed by atoms with Gasteiger partial charge in [-0.1, -0.05) is 94.9 Å². The van der Waals surface area contributed by atoms with E-state index in [0.717, 1.165) is 94.8 Å². The molecule has 2 N–H and O–H groups in total.